The fourth-order valence-electron chi connectivity index (χ4n) is 1.82. The van der Waals surface area contributed by atoms with Crippen LogP contribution in [0.1, 0.15) is 12.8 Å². The summed E-state index contributed by atoms with van der Waals surface area (Å²) in [6.45, 7) is 8.34. The Morgan fingerprint density at radius 2 is 1.73 bits per heavy atom. The lowest BCUT2D eigenvalue weighted by molar-refractivity contribution is 0.153. The van der Waals surface area contributed by atoms with Crippen LogP contribution in [0.2, 0.25) is 0 Å². The van der Waals surface area contributed by atoms with Gasteiger partial charge in [0.25, 0.3) is 0 Å². The van der Waals surface area contributed by atoms with E-state index >= 15 is 0 Å². The van der Waals surface area contributed by atoms with Gasteiger partial charge in [0.1, 0.15) is 0 Å². The van der Waals surface area contributed by atoms with Gasteiger partial charge in [0.05, 0.1) is 0 Å². The highest BCUT2D eigenvalue weighted by Crippen LogP contribution is 1.99. The van der Waals surface area contributed by atoms with Crippen LogP contribution in [0.3, 0.4) is 0 Å². The molecule has 0 aromatic rings. The van der Waals surface area contributed by atoms with Crippen LogP contribution in [0.15, 0.2) is 0 Å². The Morgan fingerprint density at radius 3 is 2.40 bits per heavy atom. The molecule has 0 aromatic carbocycles. The fourth-order valence-corrected chi connectivity index (χ4v) is 1.95. The minimum atomic E-state index is 0.769. The van der Waals surface area contributed by atoms with Gasteiger partial charge in [-0.15, -0.1) is 11.6 Å². The predicted octanol–water partition coefficient (Wildman–Crippen LogP) is 0.842. The molecule has 0 amide bonds. The van der Waals surface area contributed by atoms with E-state index in [0.717, 1.165) is 25.4 Å². The molecule has 0 atom stereocenters. The number of nitrogens with one attached hydrogen (secondary N) is 1. The van der Waals surface area contributed by atoms with Crippen molar-refractivity contribution in [3.63, 3.8) is 0 Å². The molecule has 0 bridgehead atoms. The maximum absolute atomic E-state index is 5.60. The number of alkyl halides is 1. The van der Waals surface area contributed by atoms with E-state index in [1.807, 2.05) is 0 Å². The summed E-state index contributed by atoms with van der Waals surface area (Å²) in [5, 5.41) is 3.41. The number of halogens is 1. The normalized spacial score (nSPS) is 19.6. The van der Waals surface area contributed by atoms with Gasteiger partial charge in [0, 0.05) is 32.1 Å². The first-order chi connectivity index (χ1) is 7.33. The zero-order valence-corrected chi connectivity index (χ0v) is 10.6. The van der Waals surface area contributed by atoms with E-state index in [2.05, 4.69) is 22.2 Å². The molecule has 1 heterocycles. The molecule has 0 radical (unpaired) electrons. The molecule has 0 aliphatic carbocycles. The third-order valence-corrected chi connectivity index (χ3v) is 3.18. The average Bonchev–Trinajstić information content (AvgIpc) is 2.26. The van der Waals surface area contributed by atoms with E-state index in [9.17, 15) is 0 Å². The van der Waals surface area contributed by atoms with Crippen molar-refractivity contribution in [2.24, 2.45) is 0 Å². The van der Waals surface area contributed by atoms with Crippen LogP contribution in [-0.4, -0.2) is 68.5 Å². The van der Waals surface area contributed by atoms with Gasteiger partial charge in [-0.1, -0.05) is 0 Å². The summed E-state index contributed by atoms with van der Waals surface area (Å²) in [5.74, 6) is 0.769. The second kappa shape index (κ2) is 8.34. The van der Waals surface area contributed by atoms with Crippen LogP contribution in [0.5, 0.6) is 0 Å². The first kappa shape index (κ1) is 13.2. The Labute approximate surface area is 98.8 Å². The zero-order valence-electron chi connectivity index (χ0n) is 9.84. The second-order valence-corrected chi connectivity index (χ2v) is 4.67. The largest absolute Gasteiger partial charge is 0.317 e. The molecule has 1 aliphatic rings. The second-order valence-electron chi connectivity index (χ2n) is 4.29. The molecule has 0 unspecified atom stereocenters. The van der Waals surface area contributed by atoms with E-state index in [1.54, 1.807) is 0 Å². The van der Waals surface area contributed by atoms with Crippen LogP contribution in [-0.2, 0) is 0 Å². The van der Waals surface area contributed by atoms with Gasteiger partial charge >= 0.3 is 0 Å². The van der Waals surface area contributed by atoms with E-state index in [1.165, 1.54) is 39.1 Å². The molecular weight excluding hydrogens is 210 g/mol. The number of likely N-dealkylation sites (N-methyl/N-ethyl adjacent to an activating group) is 1. The van der Waals surface area contributed by atoms with Gasteiger partial charge in [-0.2, -0.15) is 0 Å². The summed E-state index contributed by atoms with van der Waals surface area (Å²) in [6, 6.07) is 0. The molecule has 0 saturated carbocycles. The SMILES string of the molecule is CN1CCN(CCCNCCCCl)CC1. The number of nitrogens with zero attached hydrogens (tertiary/aromatic N) is 2. The Bertz CT molecular complexity index is 147. The lowest BCUT2D eigenvalue weighted by Crippen LogP contribution is -2.45. The average molecular weight is 234 g/mol. The van der Waals surface area contributed by atoms with E-state index in [-0.39, 0.29) is 0 Å². The number of rotatable bonds is 7. The van der Waals surface area contributed by atoms with Gasteiger partial charge < -0.3 is 15.1 Å². The highest BCUT2D eigenvalue weighted by molar-refractivity contribution is 6.17. The summed E-state index contributed by atoms with van der Waals surface area (Å²) in [6.07, 6.45) is 2.34. The quantitative estimate of drug-likeness (QED) is 0.520. The van der Waals surface area contributed by atoms with E-state index in [4.69, 9.17) is 11.6 Å². The summed E-state index contributed by atoms with van der Waals surface area (Å²) >= 11 is 5.60. The minimum absolute atomic E-state index is 0.769. The third kappa shape index (κ3) is 6.36. The van der Waals surface area contributed by atoms with Crippen molar-refractivity contribution in [1.29, 1.82) is 0 Å². The van der Waals surface area contributed by atoms with Gasteiger partial charge in [-0.25, -0.2) is 0 Å². The Kier molecular flexibility index (Phi) is 7.36. The maximum atomic E-state index is 5.60. The van der Waals surface area contributed by atoms with Crippen LogP contribution < -0.4 is 5.32 Å². The van der Waals surface area contributed by atoms with Crippen molar-refractivity contribution in [2.45, 2.75) is 12.8 Å². The van der Waals surface area contributed by atoms with Gasteiger partial charge in [0.2, 0.25) is 0 Å². The van der Waals surface area contributed by atoms with Crippen molar-refractivity contribution in [2.75, 3.05) is 58.7 Å². The molecule has 1 aliphatic heterocycles. The third-order valence-electron chi connectivity index (χ3n) is 2.91. The molecule has 0 spiro atoms. The molecule has 3 nitrogen and oxygen atoms in total. The molecule has 1 fully saturated rings. The summed E-state index contributed by atoms with van der Waals surface area (Å²) < 4.78 is 0. The summed E-state index contributed by atoms with van der Waals surface area (Å²) in [4.78, 5) is 4.96. The molecule has 15 heavy (non-hydrogen) atoms. The smallest absolute Gasteiger partial charge is 0.0235 e. The molecule has 1 rings (SSSR count). The molecule has 1 N–H and O–H groups in total. The number of hydrogen-bond acceptors (Lipinski definition) is 3. The van der Waals surface area contributed by atoms with Gasteiger partial charge in [-0.05, 0) is 39.5 Å². The summed E-state index contributed by atoms with van der Waals surface area (Å²) in [7, 11) is 2.20. The van der Waals surface area contributed by atoms with Crippen LogP contribution in [0.4, 0.5) is 0 Å². The lowest BCUT2D eigenvalue weighted by atomic mass is 10.3. The molecule has 4 heteroatoms. The molecule has 1 saturated heterocycles. The van der Waals surface area contributed by atoms with Gasteiger partial charge in [-0.3, -0.25) is 0 Å². The number of piperazine rings is 1. The first-order valence-corrected chi connectivity index (χ1v) is 6.54. The minimum Gasteiger partial charge on any atom is -0.317 e. The Morgan fingerprint density at radius 1 is 1.07 bits per heavy atom. The van der Waals surface area contributed by atoms with Crippen molar-refractivity contribution in [3.05, 3.63) is 0 Å². The van der Waals surface area contributed by atoms with Crippen molar-refractivity contribution in [3.8, 4) is 0 Å². The van der Waals surface area contributed by atoms with Crippen molar-refractivity contribution >= 4 is 11.6 Å². The zero-order chi connectivity index (χ0) is 10.9. The summed E-state index contributed by atoms with van der Waals surface area (Å²) in [5.41, 5.74) is 0. The van der Waals surface area contributed by atoms with Crippen LogP contribution in [0.25, 0.3) is 0 Å². The predicted molar refractivity (Wildman–Crippen MR) is 66.8 cm³/mol. The van der Waals surface area contributed by atoms with Crippen molar-refractivity contribution < 1.29 is 0 Å². The van der Waals surface area contributed by atoms with Crippen LogP contribution >= 0.6 is 11.6 Å². The fraction of sp³-hybridized carbons (Fsp3) is 1.00. The molecule has 90 valence electrons. The monoisotopic (exact) mass is 233 g/mol. The lowest BCUT2D eigenvalue weighted by Gasteiger charge is -2.32. The Hall–Kier alpha value is 0.170. The maximum Gasteiger partial charge on any atom is 0.0235 e. The highest BCUT2D eigenvalue weighted by Gasteiger charge is 2.12. The van der Waals surface area contributed by atoms with Gasteiger partial charge in [0.15, 0.2) is 0 Å². The van der Waals surface area contributed by atoms with Crippen molar-refractivity contribution in [1.82, 2.24) is 15.1 Å². The van der Waals surface area contributed by atoms with Crippen LogP contribution in [0, 0.1) is 0 Å². The highest BCUT2D eigenvalue weighted by atomic mass is 35.5. The molecular formula is C11H24ClN3. The topological polar surface area (TPSA) is 18.5 Å². The standard InChI is InChI=1S/C11H24ClN3/c1-14-8-10-15(11-9-14)7-3-6-13-5-2-4-12/h13H,2-11H2,1H3. The number of hydrogen-bond donors (Lipinski definition) is 1. The molecule has 0 aromatic heterocycles. The first-order valence-electron chi connectivity index (χ1n) is 6.00. The Balaban J connectivity index is 1.87. The van der Waals surface area contributed by atoms with E-state index in [0.29, 0.717) is 0 Å². The van der Waals surface area contributed by atoms with E-state index < -0.39 is 0 Å².